The molecule has 1 heterocycles. The normalized spacial score (nSPS) is 10.6. The summed E-state index contributed by atoms with van der Waals surface area (Å²) in [5.74, 6) is 1.33. The minimum absolute atomic E-state index is 0.134. The maximum atomic E-state index is 12.7. The number of carbonyl (C=O) groups is 1. The Hall–Kier alpha value is -3.86. The van der Waals surface area contributed by atoms with Crippen LogP contribution >= 0.6 is 0 Å². The largest absolute Gasteiger partial charge is 0.497 e. The van der Waals surface area contributed by atoms with Crippen LogP contribution in [0.4, 0.5) is 0 Å². The molecule has 5 nitrogen and oxygen atoms in total. The first kappa shape index (κ1) is 20.4. The van der Waals surface area contributed by atoms with Crippen molar-refractivity contribution in [1.29, 1.82) is 0 Å². The van der Waals surface area contributed by atoms with Crippen LogP contribution in [-0.4, -0.2) is 24.6 Å². The number of aromatic nitrogens is 1. The lowest BCUT2D eigenvalue weighted by molar-refractivity contribution is 0.0951. The van der Waals surface area contributed by atoms with Gasteiger partial charge in [0.05, 0.1) is 24.9 Å². The van der Waals surface area contributed by atoms with E-state index in [1.54, 1.807) is 13.2 Å². The Morgan fingerprint density at radius 1 is 0.968 bits per heavy atom. The lowest BCUT2D eigenvalue weighted by Crippen LogP contribution is -2.22. The summed E-state index contributed by atoms with van der Waals surface area (Å²) < 4.78 is 11.2. The van der Waals surface area contributed by atoms with Gasteiger partial charge in [0.25, 0.3) is 5.91 Å². The van der Waals surface area contributed by atoms with Crippen LogP contribution < -0.4 is 14.8 Å². The van der Waals surface area contributed by atoms with Gasteiger partial charge in [0.15, 0.2) is 0 Å². The number of nitrogens with one attached hydrogen (secondary N) is 1. The number of pyridine rings is 1. The fourth-order valence-electron chi connectivity index (χ4n) is 3.42. The fourth-order valence-corrected chi connectivity index (χ4v) is 3.42. The van der Waals surface area contributed by atoms with Crippen molar-refractivity contribution in [3.63, 3.8) is 0 Å². The summed E-state index contributed by atoms with van der Waals surface area (Å²) >= 11 is 0. The van der Waals surface area contributed by atoms with Crippen molar-refractivity contribution in [3.8, 4) is 22.8 Å². The highest BCUT2D eigenvalue weighted by Crippen LogP contribution is 2.32. The summed E-state index contributed by atoms with van der Waals surface area (Å²) in [4.78, 5) is 17.5. The monoisotopic (exact) mass is 412 g/mol. The number of methoxy groups -OCH3 is 1. The Morgan fingerprint density at radius 2 is 1.81 bits per heavy atom. The minimum Gasteiger partial charge on any atom is -0.497 e. The van der Waals surface area contributed by atoms with Crippen LogP contribution in [0, 0.1) is 0 Å². The molecule has 0 bridgehead atoms. The number of fused-ring (bicyclic) bond motifs is 1. The molecule has 31 heavy (non-hydrogen) atoms. The fraction of sp³-hybridized carbons (Fsp3) is 0.154. The van der Waals surface area contributed by atoms with E-state index in [1.165, 1.54) is 0 Å². The Balaban J connectivity index is 1.66. The molecule has 0 unspecified atom stereocenters. The number of rotatable bonds is 7. The summed E-state index contributed by atoms with van der Waals surface area (Å²) in [5, 5.41) is 3.77. The van der Waals surface area contributed by atoms with E-state index in [9.17, 15) is 4.79 Å². The molecular weight excluding hydrogens is 388 g/mol. The molecular formula is C26H24N2O3. The second kappa shape index (κ2) is 9.30. The van der Waals surface area contributed by atoms with Crippen LogP contribution in [0.2, 0.25) is 0 Å². The number of benzene rings is 3. The molecule has 0 fully saturated rings. The van der Waals surface area contributed by atoms with Gasteiger partial charge in [0.1, 0.15) is 11.5 Å². The van der Waals surface area contributed by atoms with E-state index in [1.807, 2.05) is 79.7 Å². The van der Waals surface area contributed by atoms with E-state index in [0.29, 0.717) is 24.5 Å². The molecule has 0 aliphatic heterocycles. The molecule has 4 rings (SSSR count). The summed E-state index contributed by atoms with van der Waals surface area (Å²) in [6.07, 6.45) is 0. The molecule has 1 aromatic heterocycles. The van der Waals surface area contributed by atoms with Crippen molar-refractivity contribution < 1.29 is 14.3 Å². The molecule has 5 heteroatoms. The van der Waals surface area contributed by atoms with Crippen LogP contribution in [0.15, 0.2) is 78.9 Å². The molecule has 3 aromatic carbocycles. The molecule has 1 N–H and O–H groups in total. The molecule has 0 aliphatic rings. The first-order valence-corrected chi connectivity index (χ1v) is 10.2. The number of nitrogens with zero attached hydrogens (tertiary/aromatic N) is 1. The van der Waals surface area contributed by atoms with Crippen molar-refractivity contribution in [2.24, 2.45) is 0 Å². The lowest BCUT2D eigenvalue weighted by Gasteiger charge is -2.12. The summed E-state index contributed by atoms with van der Waals surface area (Å²) in [6, 6.07) is 25.0. The quantitative estimate of drug-likeness (QED) is 0.451. The first-order chi connectivity index (χ1) is 15.2. The molecule has 0 saturated carbocycles. The maximum Gasteiger partial charge on any atom is 0.251 e. The van der Waals surface area contributed by atoms with Gasteiger partial charge in [0, 0.05) is 29.1 Å². The second-order valence-electron chi connectivity index (χ2n) is 7.07. The number of hydrogen-bond acceptors (Lipinski definition) is 4. The van der Waals surface area contributed by atoms with Crippen LogP contribution in [0.1, 0.15) is 22.8 Å². The van der Waals surface area contributed by atoms with E-state index in [0.717, 1.165) is 33.5 Å². The topological polar surface area (TPSA) is 60.5 Å². The van der Waals surface area contributed by atoms with Crippen molar-refractivity contribution in [3.05, 3.63) is 90.0 Å². The zero-order valence-corrected chi connectivity index (χ0v) is 17.6. The minimum atomic E-state index is -0.134. The summed E-state index contributed by atoms with van der Waals surface area (Å²) in [5.41, 5.74) is 4.11. The molecule has 4 aromatic rings. The van der Waals surface area contributed by atoms with Crippen LogP contribution in [-0.2, 0) is 6.54 Å². The highest BCUT2D eigenvalue weighted by atomic mass is 16.5. The predicted molar refractivity (Wildman–Crippen MR) is 123 cm³/mol. The SMILES string of the molecule is CCOc1cc(-c2cccc(OC)c2)nc2ccc(C(=O)NCc3ccccc3)cc12. The number of carbonyl (C=O) groups excluding carboxylic acids is 1. The number of amides is 1. The van der Waals surface area contributed by atoms with Gasteiger partial charge in [-0.15, -0.1) is 0 Å². The third kappa shape index (κ3) is 4.67. The Bertz CT molecular complexity index is 1210. The maximum absolute atomic E-state index is 12.7. The number of hydrogen-bond donors (Lipinski definition) is 1. The zero-order chi connectivity index (χ0) is 21.6. The van der Waals surface area contributed by atoms with Crippen LogP contribution in [0.5, 0.6) is 11.5 Å². The molecule has 156 valence electrons. The van der Waals surface area contributed by atoms with Gasteiger partial charge >= 0.3 is 0 Å². The van der Waals surface area contributed by atoms with Gasteiger partial charge in [-0.3, -0.25) is 4.79 Å². The van der Waals surface area contributed by atoms with Gasteiger partial charge in [-0.25, -0.2) is 4.98 Å². The van der Waals surface area contributed by atoms with Gasteiger partial charge in [-0.1, -0.05) is 42.5 Å². The Kier molecular flexibility index (Phi) is 6.13. The van der Waals surface area contributed by atoms with Gasteiger partial charge in [-0.2, -0.15) is 0 Å². The van der Waals surface area contributed by atoms with E-state index in [2.05, 4.69) is 5.32 Å². The zero-order valence-electron chi connectivity index (χ0n) is 17.6. The predicted octanol–water partition coefficient (Wildman–Crippen LogP) is 5.24. The van der Waals surface area contributed by atoms with Crippen molar-refractivity contribution in [1.82, 2.24) is 10.3 Å². The average Bonchev–Trinajstić information content (AvgIpc) is 2.83. The Labute approximate surface area is 181 Å². The highest BCUT2D eigenvalue weighted by Gasteiger charge is 2.13. The highest BCUT2D eigenvalue weighted by molar-refractivity contribution is 5.99. The van der Waals surface area contributed by atoms with Gasteiger partial charge < -0.3 is 14.8 Å². The van der Waals surface area contributed by atoms with E-state index >= 15 is 0 Å². The number of ether oxygens (including phenoxy) is 2. The third-order valence-corrected chi connectivity index (χ3v) is 4.99. The van der Waals surface area contributed by atoms with E-state index < -0.39 is 0 Å². The standard InChI is InChI=1S/C26H24N2O3/c1-3-31-25-16-24(19-10-7-11-21(14-19)30-2)28-23-13-12-20(15-22(23)25)26(29)27-17-18-8-5-4-6-9-18/h4-16H,3,17H2,1-2H3,(H,27,29). The molecule has 1 amide bonds. The summed E-state index contributed by atoms with van der Waals surface area (Å²) in [6.45, 7) is 2.93. The molecule has 0 aliphatic carbocycles. The van der Waals surface area contributed by atoms with E-state index in [-0.39, 0.29) is 5.91 Å². The van der Waals surface area contributed by atoms with Crippen molar-refractivity contribution in [2.75, 3.05) is 13.7 Å². The summed E-state index contributed by atoms with van der Waals surface area (Å²) in [7, 11) is 1.64. The molecule has 0 saturated heterocycles. The van der Waals surface area contributed by atoms with Crippen molar-refractivity contribution in [2.45, 2.75) is 13.5 Å². The van der Waals surface area contributed by atoms with Gasteiger partial charge in [-0.05, 0) is 42.8 Å². The smallest absolute Gasteiger partial charge is 0.251 e. The lowest BCUT2D eigenvalue weighted by atomic mass is 10.1. The Morgan fingerprint density at radius 3 is 2.58 bits per heavy atom. The molecule has 0 spiro atoms. The third-order valence-electron chi connectivity index (χ3n) is 4.99. The van der Waals surface area contributed by atoms with Crippen LogP contribution in [0.3, 0.4) is 0 Å². The van der Waals surface area contributed by atoms with Crippen molar-refractivity contribution >= 4 is 16.8 Å². The first-order valence-electron chi connectivity index (χ1n) is 10.2. The molecule has 0 radical (unpaired) electrons. The molecule has 0 atom stereocenters. The van der Waals surface area contributed by atoms with E-state index in [4.69, 9.17) is 14.5 Å². The second-order valence-corrected chi connectivity index (χ2v) is 7.07. The van der Waals surface area contributed by atoms with Gasteiger partial charge in [0.2, 0.25) is 0 Å². The van der Waals surface area contributed by atoms with Crippen LogP contribution in [0.25, 0.3) is 22.2 Å². The average molecular weight is 412 g/mol.